The molecule has 1 fully saturated rings. The third-order valence-electron chi connectivity index (χ3n) is 5.15. The highest BCUT2D eigenvalue weighted by Crippen LogP contribution is 2.19. The molecule has 1 atom stereocenters. The van der Waals surface area contributed by atoms with Gasteiger partial charge in [0.05, 0.1) is 6.10 Å². The quantitative estimate of drug-likeness (QED) is 0.271. The molecule has 1 saturated heterocycles. The Kier molecular flexibility index (Phi) is 15.9. The lowest BCUT2D eigenvalue weighted by Gasteiger charge is -2.22. The Morgan fingerprint density at radius 2 is 1.22 bits per heavy atom. The Morgan fingerprint density at radius 1 is 0.696 bits per heavy atom. The maximum Gasteiger partial charge on any atom is 0.0575 e. The Balaban J connectivity index is 1.67. The maximum absolute atomic E-state index is 5.80. The molecule has 0 aliphatic carbocycles. The van der Waals surface area contributed by atoms with Gasteiger partial charge in [0.15, 0.2) is 0 Å². The molecule has 0 aromatic carbocycles. The minimum Gasteiger partial charge on any atom is -0.378 e. The lowest BCUT2D eigenvalue weighted by atomic mass is 10.0. The zero-order chi connectivity index (χ0) is 16.4. The molecule has 0 amide bonds. The van der Waals surface area contributed by atoms with Crippen molar-refractivity contribution in [3.63, 3.8) is 0 Å². The Bertz CT molecular complexity index is 226. The molecule has 0 spiro atoms. The molecule has 1 rings (SSSR count). The number of rotatable bonds is 16. The van der Waals surface area contributed by atoms with Crippen LogP contribution in [-0.4, -0.2) is 24.7 Å². The maximum atomic E-state index is 5.80. The van der Waals surface area contributed by atoms with Crippen LogP contribution in [0, 0.1) is 0 Å². The van der Waals surface area contributed by atoms with E-state index >= 15 is 0 Å². The van der Waals surface area contributed by atoms with E-state index in [1.54, 1.807) is 0 Å². The summed E-state index contributed by atoms with van der Waals surface area (Å²) in [5.41, 5.74) is 0. The fraction of sp³-hybridized carbons (Fsp3) is 1.00. The fourth-order valence-corrected chi connectivity index (χ4v) is 4.09. The number of hydrogen-bond donors (Lipinski definition) is 0. The zero-order valence-corrected chi connectivity index (χ0v) is 16.6. The van der Waals surface area contributed by atoms with Crippen molar-refractivity contribution >= 4 is 11.8 Å². The molecule has 0 radical (unpaired) electrons. The highest BCUT2D eigenvalue weighted by atomic mass is 32.2. The van der Waals surface area contributed by atoms with Crippen LogP contribution in [0.1, 0.15) is 109 Å². The average Bonchev–Trinajstić information content (AvgIpc) is 2.59. The summed E-state index contributed by atoms with van der Waals surface area (Å²) in [7, 11) is 0. The van der Waals surface area contributed by atoms with Gasteiger partial charge in [-0.1, -0.05) is 77.0 Å². The van der Waals surface area contributed by atoms with Gasteiger partial charge in [-0.15, -0.1) is 0 Å². The van der Waals surface area contributed by atoms with Crippen LogP contribution in [0.3, 0.4) is 0 Å². The summed E-state index contributed by atoms with van der Waals surface area (Å²) in [6.45, 7) is 1.02. The van der Waals surface area contributed by atoms with Crippen LogP contribution in [0.4, 0.5) is 0 Å². The van der Waals surface area contributed by atoms with Crippen molar-refractivity contribution < 1.29 is 4.74 Å². The Hall–Kier alpha value is 0.310. The number of thioether (sulfide) groups is 1. The summed E-state index contributed by atoms with van der Waals surface area (Å²) in [5.74, 6) is 1.35. The molecule has 0 saturated carbocycles. The van der Waals surface area contributed by atoms with Gasteiger partial charge in [-0.3, -0.25) is 0 Å². The predicted octanol–water partition coefficient (Wildman–Crippen LogP) is 7.38. The third-order valence-corrected chi connectivity index (χ3v) is 5.85. The highest BCUT2D eigenvalue weighted by Gasteiger charge is 2.12. The monoisotopic (exact) mass is 342 g/mol. The van der Waals surface area contributed by atoms with Crippen LogP contribution in [0.25, 0.3) is 0 Å². The second kappa shape index (κ2) is 17.1. The summed E-state index contributed by atoms with van der Waals surface area (Å²) in [4.78, 5) is 0. The molecule has 0 aromatic rings. The van der Waals surface area contributed by atoms with Gasteiger partial charge in [-0.2, -0.15) is 11.8 Å². The summed E-state index contributed by atoms with van der Waals surface area (Å²) in [5, 5.41) is 0. The summed E-state index contributed by atoms with van der Waals surface area (Å²) in [6, 6.07) is 0. The highest BCUT2D eigenvalue weighted by molar-refractivity contribution is 7.98. The van der Waals surface area contributed by atoms with E-state index in [1.165, 1.54) is 115 Å². The van der Waals surface area contributed by atoms with Gasteiger partial charge in [0.2, 0.25) is 0 Å². The number of hydrogen-bond acceptors (Lipinski definition) is 2. The molecular weight excluding hydrogens is 300 g/mol. The first-order valence-electron chi connectivity index (χ1n) is 10.5. The normalized spacial score (nSPS) is 18.4. The minimum absolute atomic E-state index is 0.601. The SMILES string of the molecule is CSCCCCCCCCCCCCCCCC1CCCCO1. The molecule has 0 N–H and O–H groups in total. The molecule has 2 heteroatoms. The van der Waals surface area contributed by atoms with E-state index in [0.29, 0.717) is 6.10 Å². The zero-order valence-electron chi connectivity index (χ0n) is 15.8. The first kappa shape index (κ1) is 21.4. The molecule has 138 valence electrons. The Labute approximate surface area is 150 Å². The van der Waals surface area contributed by atoms with Crippen molar-refractivity contribution in [2.24, 2.45) is 0 Å². The van der Waals surface area contributed by atoms with Gasteiger partial charge in [-0.05, 0) is 44.1 Å². The van der Waals surface area contributed by atoms with Gasteiger partial charge in [0.25, 0.3) is 0 Å². The fourth-order valence-electron chi connectivity index (χ4n) is 3.60. The van der Waals surface area contributed by atoms with Gasteiger partial charge < -0.3 is 4.74 Å². The number of unbranched alkanes of at least 4 members (excludes halogenated alkanes) is 12. The lowest BCUT2D eigenvalue weighted by Crippen LogP contribution is -2.18. The van der Waals surface area contributed by atoms with Crippen LogP contribution in [0.2, 0.25) is 0 Å². The van der Waals surface area contributed by atoms with E-state index in [9.17, 15) is 0 Å². The van der Waals surface area contributed by atoms with Gasteiger partial charge in [-0.25, -0.2) is 0 Å². The molecule has 1 aliphatic rings. The standard InChI is InChI=1S/C21H42OS/c1-23-20-16-12-10-8-6-4-2-3-5-7-9-11-13-17-21-18-14-15-19-22-21/h21H,2-20H2,1H3. The molecule has 1 heterocycles. The largest absolute Gasteiger partial charge is 0.378 e. The van der Waals surface area contributed by atoms with Crippen LogP contribution in [0.5, 0.6) is 0 Å². The summed E-state index contributed by atoms with van der Waals surface area (Å²) >= 11 is 1.99. The average molecular weight is 343 g/mol. The van der Waals surface area contributed by atoms with Crippen LogP contribution >= 0.6 is 11.8 Å². The minimum atomic E-state index is 0.601. The van der Waals surface area contributed by atoms with Crippen molar-refractivity contribution in [1.82, 2.24) is 0 Å². The molecule has 0 aromatic heterocycles. The van der Waals surface area contributed by atoms with Crippen LogP contribution in [0.15, 0.2) is 0 Å². The summed E-state index contributed by atoms with van der Waals surface area (Å²) in [6.07, 6.45) is 27.0. The van der Waals surface area contributed by atoms with Crippen molar-refractivity contribution in [3.8, 4) is 0 Å². The first-order valence-corrected chi connectivity index (χ1v) is 11.9. The first-order chi connectivity index (χ1) is 11.4. The molecule has 1 nitrogen and oxygen atoms in total. The van der Waals surface area contributed by atoms with Gasteiger partial charge >= 0.3 is 0 Å². The van der Waals surface area contributed by atoms with Gasteiger partial charge in [0.1, 0.15) is 0 Å². The second-order valence-corrected chi connectivity index (χ2v) is 8.35. The van der Waals surface area contributed by atoms with Crippen molar-refractivity contribution in [3.05, 3.63) is 0 Å². The number of ether oxygens (including phenoxy) is 1. The Morgan fingerprint density at radius 3 is 1.70 bits per heavy atom. The second-order valence-electron chi connectivity index (χ2n) is 7.37. The molecule has 23 heavy (non-hydrogen) atoms. The van der Waals surface area contributed by atoms with E-state index < -0.39 is 0 Å². The van der Waals surface area contributed by atoms with E-state index in [4.69, 9.17) is 4.74 Å². The topological polar surface area (TPSA) is 9.23 Å². The van der Waals surface area contributed by atoms with E-state index in [-0.39, 0.29) is 0 Å². The lowest BCUT2D eigenvalue weighted by molar-refractivity contribution is 0.00977. The molecular formula is C21H42OS. The van der Waals surface area contributed by atoms with Crippen molar-refractivity contribution in [2.75, 3.05) is 18.6 Å². The van der Waals surface area contributed by atoms with Crippen LogP contribution in [-0.2, 0) is 4.74 Å². The molecule has 0 bridgehead atoms. The smallest absolute Gasteiger partial charge is 0.0575 e. The third kappa shape index (κ3) is 14.4. The molecule has 1 unspecified atom stereocenters. The van der Waals surface area contributed by atoms with Crippen LogP contribution < -0.4 is 0 Å². The van der Waals surface area contributed by atoms with E-state index in [1.807, 2.05) is 11.8 Å². The van der Waals surface area contributed by atoms with E-state index in [0.717, 1.165) is 6.61 Å². The van der Waals surface area contributed by atoms with Crippen molar-refractivity contribution in [2.45, 2.75) is 115 Å². The van der Waals surface area contributed by atoms with Crippen molar-refractivity contribution in [1.29, 1.82) is 0 Å². The molecule has 1 aliphatic heterocycles. The van der Waals surface area contributed by atoms with Gasteiger partial charge in [0, 0.05) is 6.61 Å². The van der Waals surface area contributed by atoms with E-state index in [2.05, 4.69) is 6.26 Å². The predicted molar refractivity (Wildman–Crippen MR) is 107 cm³/mol. The summed E-state index contributed by atoms with van der Waals surface area (Å²) < 4.78 is 5.80.